The number of halogens is 2. The van der Waals surface area contributed by atoms with Crippen LogP contribution in [0.15, 0.2) is 83.0 Å². The van der Waals surface area contributed by atoms with Crippen molar-refractivity contribution in [2.45, 2.75) is 40.5 Å². The van der Waals surface area contributed by atoms with Gasteiger partial charge in [-0.15, -0.1) is 0 Å². The number of para-hydroxylation sites is 2. The summed E-state index contributed by atoms with van der Waals surface area (Å²) in [5.74, 6) is 0.267. The van der Waals surface area contributed by atoms with Gasteiger partial charge in [-0.25, -0.2) is 23.3 Å². The largest absolute Gasteiger partial charge is 2.00 e. The summed E-state index contributed by atoms with van der Waals surface area (Å²) in [7, 11) is 0. The number of phenolic OH excluding ortho intramolecular Hbond substituents is 2. The summed E-state index contributed by atoms with van der Waals surface area (Å²) in [5.41, 5.74) is 5.30. The summed E-state index contributed by atoms with van der Waals surface area (Å²) in [6.45, 7) is 8.37. The first-order chi connectivity index (χ1) is 14.2. The molecule has 2 aliphatic carbocycles. The third-order valence-electron chi connectivity index (χ3n) is 3.95. The van der Waals surface area contributed by atoms with Gasteiger partial charge in [-0.1, -0.05) is 88.0 Å². The van der Waals surface area contributed by atoms with Crippen LogP contribution in [0.4, 0.5) is 0 Å². The van der Waals surface area contributed by atoms with E-state index in [9.17, 15) is 0 Å². The van der Waals surface area contributed by atoms with Crippen LogP contribution in [0.25, 0.3) is 0 Å². The number of benzene rings is 2. The number of rotatable bonds is 0. The van der Waals surface area contributed by atoms with E-state index in [0.29, 0.717) is 10.0 Å². The Morgan fingerprint density at radius 3 is 1.10 bits per heavy atom. The fourth-order valence-corrected chi connectivity index (χ4v) is 2.66. The quantitative estimate of drug-likeness (QED) is 0.334. The molecule has 0 amide bonds. The predicted octanol–water partition coefficient (Wildman–Crippen LogP) is 8.26. The molecule has 2 aromatic carbocycles. The zero-order valence-electron chi connectivity index (χ0n) is 18.3. The Kier molecular flexibility index (Phi) is 15.3. The smallest absolute Gasteiger partial charge is 0.506 e. The zero-order chi connectivity index (χ0) is 22.5. The van der Waals surface area contributed by atoms with Crippen LogP contribution in [0.1, 0.15) is 40.5 Å². The topological polar surface area (TPSA) is 40.5 Å². The van der Waals surface area contributed by atoms with E-state index in [1.165, 1.54) is 22.3 Å². The molecule has 0 heterocycles. The SMILES string of the molecule is CC1=[C-]C(C)=CC1.CC1=[C-]C(C)=CC1.Oc1ccccc1Cl.Oc1ccccc1Cl.[Zr+2]. The van der Waals surface area contributed by atoms with Gasteiger partial charge in [-0.3, -0.25) is 12.2 Å². The third kappa shape index (κ3) is 13.5. The first kappa shape index (κ1) is 29.5. The van der Waals surface area contributed by atoms with Crippen molar-refractivity contribution in [2.24, 2.45) is 0 Å². The van der Waals surface area contributed by atoms with Crippen molar-refractivity contribution < 1.29 is 36.4 Å². The zero-order valence-corrected chi connectivity index (χ0v) is 22.3. The molecular weight excluding hydrogens is 506 g/mol. The Morgan fingerprint density at radius 2 is 0.968 bits per heavy atom. The van der Waals surface area contributed by atoms with Gasteiger partial charge in [0.05, 0.1) is 10.0 Å². The number of aromatic hydroxyl groups is 2. The van der Waals surface area contributed by atoms with Gasteiger partial charge in [0.2, 0.25) is 0 Å². The van der Waals surface area contributed by atoms with Gasteiger partial charge < -0.3 is 10.2 Å². The van der Waals surface area contributed by atoms with Crippen molar-refractivity contribution in [3.63, 3.8) is 0 Å². The minimum atomic E-state index is 0. The van der Waals surface area contributed by atoms with Crippen molar-refractivity contribution in [3.8, 4) is 11.5 Å². The fraction of sp³-hybridized carbons (Fsp3) is 0.231. The van der Waals surface area contributed by atoms with E-state index < -0.39 is 0 Å². The van der Waals surface area contributed by atoms with E-state index >= 15 is 0 Å². The maximum atomic E-state index is 8.79. The van der Waals surface area contributed by atoms with Crippen LogP contribution in [-0.2, 0) is 26.2 Å². The van der Waals surface area contributed by atoms with Gasteiger partial charge >= 0.3 is 26.2 Å². The second kappa shape index (κ2) is 16.1. The second-order valence-corrected chi connectivity index (χ2v) is 7.71. The molecule has 31 heavy (non-hydrogen) atoms. The Labute approximate surface area is 215 Å². The average molecular weight is 535 g/mol. The Balaban J connectivity index is 0.000000384. The molecule has 5 heteroatoms. The Hall–Kier alpha value is -1.54. The van der Waals surface area contributed by atoms with Crippen molar-refractivity contribution in [2.75, 3.05) is 0 Å². The first-order valence-corrected chi connectivity index (χ1v) is 10.3. The minimum Gasteiger partial charge on any atom is -0.506 e. The van der Waals surface area contributed by atoms with E-state index in [1.54, 1.807) is 48.5 Å². The molecule has 0 saturated carbocycles. The predicted molar refractivity (Wildman–Crippen MR) is 128 cm³/mol. The number of hydrogen-bond donors (Lipinski definition) is 2. The molecule has 0 spiro atoms. The summed E-state index contributed by atoms with van der Waals surface area (Å²) in [6.07, 6.45) is 13.0. The number of hydrogen-bond acceptors (Lipinski definition) is 2. The summed E-state index contributed by atoms with van der Waals surface area (Å²) in [4.78, 5) is 0. The summed E-state index contributed by atoms with van der Waals surface area (Å²) >= 11 is 10.9. The van der Waals surface area contributed by atoms with Crippen LogP contribution in [0.2, 0.25) is 10.0 Å². The van der Waals surface area contributed by atoms with Crippen LogP contribution in [0.3, 0.4) is 0 Å². The van der Waals surface area contributed by atoms with Gasteiger partial charge in [0.25, 0.3) is 0 Å². The summed E-state index contributed by atoms with van der Waals surface area (Å²) < 4.78 is 0. The van der Waals surface area contributed by atoms with E-state index in [1.807, 2.05) is 0 Å². The van der Waals surface area contributed by atoms with Gasteiger partial charge in [0, 0.05) is 0 Å². The Bertz CT molecular complexity index is 824. The van der Waals surface area contributed by atoms with Crippen LogP contribution >= 0.6 is 23.2 Å². The van der Waals surface area contributed by atoms with Gasteiger partial charge in [-0.2, -0.15) is 11.1 Å². The van der Waals surface area contributed by atoms with Gasteiger partial charge in [0.1, 0.15) is 11.5 Å². The maximum absolute atomic E-state index is 8.79. The molecule has 2 aromatic rings. The third-order valence-corrected chi connectivity index (χ3v) is 4.59. The molecule has 0 atom stereocenters. The first-order valence-electron chi connectivity index (χ1n) is 9.58. The van der Waals surface area contributed by atoms with E-state index in [-0.39, 0.29) is 37.7 Å². The number of phenols is 2. The maximum Gasteiger partial charge on any atom is 2.00 e. The van der Waals surface area contributed by atoms with Crippen LogP contribution in [0.5, 0.6) is 11.5 Å². The van der Waals surface area contributed by atoms with Crippen LogP contribution < -0.4 is 0 Å². The van der Waals surface area contributed by atoms with E-state index in [0.717, 1.165) is 12.8 Å². The normalized spacial score (nSPS) is 13.4. The molecule has 0 bridgehead atoms. The molecule has 162 valence electrons. The summed E-state index contributed by atoms with van der Waals surface area (Å²) in [5, 5.41) is 18.4. The van der Waals surface area contributed by atoms with Crippen LogP contribution in [-0.4, -0.2) is 10.2 Å². The molecule has 2 nitrogen and oxygen atoms in total. The molecule has 2 N–H and O–H groups in total. The average Bonchev–Trinajstić information content (AvgIpc) is 3.27. The molecule has 0 fully saturated rings. The molecule has 0 aliphatic heterocycles. The molecule has 0 aromatic heterocycles. The van der Waals surface area contributed by atoms with E-state index in [2.05, 4.69) is 52.0 Å². The molecule has 4 rings (SSSR count). The van der Waals surface area contributed by atoms with Crippen molar-refractivity contribution >= 4 is 23.2 Å². The molecular formula is C26H28Cl2O2Zr. The van der Waals surface area contributed by atoms with Crippen molar-refractivity contribution in [1.29, 1.82) is 0 Å². The van der Waals surface area contributed by atoms with Crippen LogP contribution in [0, 0.1) is 12.2 Å². The fourth-order valence-electron chi connectivity index (χ4n) is 2.39. The summed E-state index contributed by atoms with van der Waals surface area (Å²) in [6, 6.07) is 13.3. The molecule has 2 aliphatic rings. The minimum absolute atomic E-state index is 0. The van der Waals surface area contributed by atoms with Crippen molar-refractivity contribution in [3.05, 3.63) is 105 Å². The monoisotopic (exact) mass is 532 g/mol. The standard InChI is InChI=1S/2C7H9.2C6H5ClO.Zr/c2*1-6-3-4-7(2)5-6;2*7-5-3-1-2-4-6(5)8;/h2*3H,4H2,1-2H3;2*1-4,8H;/q2*-1;;;+2. The molecule has 0 radical (unpaired) electrons. The number of allylic oxidation sites excluding steroid dienone is 8. The van der Waals surface area contributed by atoms with Crippen molar-refractivity contribution in [1.82, 2.24) is 0 Å². The Morgan fingerprint density at radius 1 is 0.645 bits per heavy atom. The van der Waals surface area contributed by atoms with Gasteiger partial charge in [-0.05, 0) is 24.3 Å². The second-order valence-electron chi connectivity index (χ2n) is 6.90. The van der Waals surface area contributed by atoms with Gasteiger partial charge in [0.15, 0.2) is 0 Å². The molecule has 0 unspecified atom stereocenters. The van der Waals surface area contributed by atoms with E-state index in [4.69, 9.17) is 33.4 Å². The molecule has 0 saturated heterocycles.